The summed E-state index contributed by atoms with van der Waals surface area (Å²) >= 11 is 0. The molecule has 116 valence electrons. The van der Waals surface area contributed by atoms with Crippen LogP contribution in [0, 0.1) is 13.8 Å². The van der Waals surface area contributed by atoms with Crippen LogP contribution in [0.15, 0.2) is 59.5 Å². The van der Waals surface area contributed by atoms with Crippen molar-refractivity contribution < 1.29 is 4.79 Å². The van der Waals surface area contributed by atoms with E-state index >= 15 is 0 Å². The molecule has 1 amide bonds. The minimum absolute atomic E-state index is 0.00293. The van der Waals surface area contributed by atoms with E-state index in [2.05, 4.69) is 5.32 Å². The molecule has 0 unspecified atom stereocenters. The molecule has 4 heteroatoms. The minimum Gasteiger partial charge on any atom is -0.324 e. The SMILES string of the molecule is Cc1ccc(C)c(NC(=O)Cn2ccc3ccccc3c2=O)c1. The van der Waals surface area contributed by atoms with Gasteiger partial charge in [-0.2, -0.15) is 0 Å². The first kappa shape index (κ1) is 15.0. The van der Waals surface area contributed by atoms with Gasteiger partial charge in [0.05, 0.1) is 0 Å². The van der Waals surface area contributed by atoms with E-state index in [9.17, 15) is 9.59 Å². The first-order valence-corrected chi connectivity index (χ1v) is 7.50. The monoisotopic (exact) mass is 306 g/mol. The third-order valence-corrected chi connectivity index (χ3v) is 3.87. The summed E-state index contributed by atoms with van der Waals surface area (Å²) in [5.74, 6) is -0.212. The Labute approximate surface area is 134 Å². The Balaban J connectivity index is 1.84. The van der Waals surface area contributed by atoms with Gasteiger partial charge >= 0.3 is 0 Å². The number of anilines is 1. The smallest absolute Gasteiger partial charge is 0.258 e. The van der Waals surface area contributed by atoms with Crippen LogP contribution < -0.4 is 10.9 Å². The van der Waals surface area contributed by atoms with E-state index in [0.29, 0.717) is 5.39 Å². The van der Waals surface area contributed by atoms with Crippen LogP contribution in [0.5, 0.6) is 0 Å². The molecule has 1 N–H and O–H groups in total. The van der Waals surface area contributed by atoms with Crippen LogP contribution in [0.2, 0.25) is 0 Å². The van der Waals surface area contributed by atoms with Crippen LogP contribution in [0.1, 0.15) is 11.1 Å². The zero-order valence-electron chi connectivity index (χ0n) is 13.2. The maximum Gasteiger partial charge on any atom is 0.258 e. The van der Waals surface area contributed by atoms with Gasteiger partial charge in [0.2, 0.25) is 5.91 Å². The molecular formula is C19H18N2O2. The zero-order valence-corrected chi connectivity index (χ0v) is 13.2. The van der Waals surface area contributed by atoms with Crippen molar-refractivity contribution in [3.8, 4) is 0 Å². The van der Waals surface area contributed by atoms with Gasteiger partial charge in [-0.05, 0) is 48.6 Å². The first-order valence-electron chi connectivity index (χ1n) is 7.50. The molecule has 0 radical (unpaired) electrons. The van der Waals surface area contributed by atoms with Gasteiger partial charge < -0.3 is 9.88 Å². The molecule has 0 bridgehead atoms. The third-order valence-electron chi connectivity index (χ3n) is 3.87. The second-order valence-corrected chi connectivity index (χ2v) is 5.70. The Morgan fingerprint density at radius 3 is 2.70 bits per heavy atom. The molecule has 4 nitrogen and oxygen atoms in total. The predicted octanol–water partition coefficient (Wildman–Crippen LogP) is 3.26. The summed E-state index contributed by atoms with van der Waals surface area (Å²) in [6.07, 6.45) is 1.66. The van der Waals surface area contributed by atoms with Crippen molar-refractivity contribution in [1.29, 1.82) is 0 Å². The molecular weight excluding hydrogens is 288 g/mol. The Kier molecular flexibility index (Phi) is 3.98. The number of pyridine rings is 1. The summed E-state index contributed by atoms with van der Waals surface area (Å²) in [6.45, 7) is 3.91. The van der Waals surface area contributed by atoms with Crippen LogP contribution >= 0.6 is 0 Å². The van der Waals surface area contributed by atoms with Crippen molar-refractivity contribution in [3.63, 3.8) is 0 Å². The second kappa shape index (κ2) is 6.08. The number of aryl methyl sites for hydroxylation is 2. The minimum atomic E-state index is -0.212. The lowest BCUT2D eigenvalue weighted by Crippen LogP contribution is -2.27. The Bertz CT molecular complexity index is 941. The number of hydrogen-bond acceptors (Lipinski definition) is 2. The lowest BCUT2D eigenvalue weighted by molar-refractivity contribution is -0.116. The maximum atomic E-state index is 12.4. The summed E-state index contributed by atoms with van der Waals surface area (Å²) in [6, 6.07) is 15.1. The fraction of sp³-hybridized carbons (Fsp3) is 0.158. The molecule has 0 aliphatic carbocycles. The molecule has 0 atom stereocenters. The number of amides is 1. The number of nitrogens with zero attached hydrogens (tertiary/aromatic N) is 1. The van der Waals surface area contributed by atoms with Gasteiger partial charge in [0.25, 0.3) is 5.56 Å². The number of hydrogen-bond donors (Lipinski definition) is 1. The molecule has 0 fully saturated rings. The largest absolute Gasteiger partial charge is 0.324 e. The van der Waals surface area contributed by atoms with E-state index in [-0.39, 0.29) is 18.0 Å². The van der Waals surface area contributed by atoms with Gasteiger partial charge in [-0.15, -0.1) is 0 Å². The molecule has 0 saturated carbocycles. The number of benzene rings is 2. The molecule has 1 heterocycles. The van der Waals surface area contributed by atoms with E-state index in [0.717, 1.165) is 22.2 Å². The molecule has 3 rings (SSSR count). The molecule has 1 aromatic heterocycles. The highest BCUT2D eigenvalue weighted by Gasteiger charge is 2.08. The topological polar surface area (TPSA) is 51.1 Å². The Hall–Kier alpha value is -2.88. The zero-order chi connectivity index (χ0) is 16.4. The lowest BCUT2D eigenvalue weighted by atomic mass is 10.1. The van der Waals surface area contributed by atoms with Crippen molar-refractivity contribution in [2.45, 2.75) is 20.4 Å². The average Bonchev–Trinajstić information content (AvgIpc) is 2.54. The van der Waals surface area contributed by atoms with Crippen molar-refractivity contribution in [1.82, 2.24) is 4.57 Å². The van der Waals surface area contributed by atoms with Gasteiger partial charge in [-0.1, -0.05) is 30.3 Å². The van der Waals surface area contributed by atoms with Crippen LogP contribution in [0.25, 0.3) is 10.8 Å². The number of nitrogens with one attached hydrogen (secondary N) is 1. The fourth-order valence-electron chi connectivity index (χ4n) is 2.57. The van der Waals surface area contributed by atoms with E-state index in [4.69, 9.17) is 0 Å². The van der Waals surface area contributed by atoms with Gasteiger partial charge in [-0.25, -0.2) is 0 Å². The summed E-state index contributed by atoms with van der Waals surface area (Å²) in [7, 11) is 0. The van der Waals surface area contributed by atoms with Crippen molar-refractivity contribution in [2.24, 2.45) is 0 Å². The van der Waals surface area contributed by atoms with E-state index in [1.54, 1.807) is 12.3 Å². The molecule has 0 aliphatic rings. The lowest BCUT2D eigenvalue weighted by Gasteiger charge is -2.11. The average molecular weight is 306 g/mol. The van der Waals surface area contributed by atoms with Gasteiger partial charge in [0.15, 0.2) is 0 Å². The van der Waals surface area contributed by atoms with E-state index < -0.39 is 0 Å². The highest BCUT2D eigenvalue weighted by Crippen LogP contribution is 2.16. The summed E-state index contributed by atoms with van der Waals surface area (Å²) in [5, 5.41) is 4.37. The second-order valence-electron chi connectivity index (χ2n) is 5.70. The Morgan fingerprint density at radius 1 is 1.09 bits per heavy atom. The molecule has 2 aromatic carbocycles. The number of carbonyl (C=O) groups excluding carboxylic acids is 1. The van der Waals surface area contributed by atoms with E-state index in [1.807, 2.05) is 56.3 Å². The predicted molar refractivity (Wildman–Crippen MR) is 92.8 cm³/mol. The highest BCUT2D eigenvalue weighted by molar-refractivity contribution is 5.91. The first-order chi connectivity index (χ1) is 11.0. The number of fused-ring (bicyclic) bond motifs is 1. The molecule has 0 spiro atoms. The number of rotatable bonds is 3. The van der Waals surface area contributed by atoms with E-state index in [1.165, 1.54) is 4.57 Å². The Morgan fingerprint density at radius 2 is 1.87 bits per heavy atom. The number of carbonyl (C=O) groups is 1. The standard InChI is InChI=1S/C19H18N2O2/c1-13-7-8-14(2)17(11-13)20-18(22)12-21-10-9-15-5-3-4-6-16(15)19(21)23/h3-11H,12H2,1-2H3,(H,20,22). The summed E-state index contributed by atoms with van der Waals surface area (Å²) in [5.41, 5.74) is 2.70. The van der Waals surface area contributed by atoms with Crippen LogP contribution in [0.3, 0.4) is 0 Å². The molecule has 0 aliphatic heterocycles. The van der Waals surface area contributed by atoms with Crippen LogP contribution in [-0.4, -0.2) is 10.5 Å². The highest BCUT2D eigenvalue weighted by atomic mass is 16.2. The van der Waals surface area contributed by atoms with Crippen molar-refractivity contribution >= 4 is 22.4 Å². The maximum absolute atomic E-state index is 12.4. The van der Waals surface area contributed by atoms with Crippen LogP contribution in [-0.2, 0) is 11.3 Å². The van der Waals surface area contributed by atoms with Crippen LogP contribution in [0.4, 0.5) is 5.69 Å². The molecule has 23 heavy (non-hydrogen) atoms. The number of aromatic nitrogens is 1. The van der Waals surface area contributed by atoms with Gasteiger partial charge in [0, 0.05) is 17.3 Å². The summed E-state index contributed by atoms with van der Waals surface area (Å²) < 4.78 is 1.43. The normalized spacial score (nSPS) is 10.7. The third kappa shape index (κ3) is 3.16. The van der Waals surface area contributed by atoms with Crippen molar-refractivity contribution in [3.05, 3.63) is 76.2 Å². The van der Waals surface area contributed by atoms with Crippen molar-refractivity contribution in [2.75, 3.05) is 5.32 Å². The quantitative estimate of drug-likeness (QED) is 0.807. The molecule has 0 saturated heterocycles. The van der Waals surface area contributed by atoms with Gasteiger partial charge in [-0.3, -0.25) is 9.59 Å². The molecule has 3 aromatic rings. The fourth-order valence-corrected chi connectivity index (χ4v) is 2.57. The summed E-state index contributed by atoms with van der Waals surface area (Å²) in [4.78, 5) is 24.7. The van der Waals surface area contributed by atoms with Gasteiger partial charge in [0.1, 0.15) is 6.54 Å².